The number of primary amides is 1. The van der Waals surface area contributed by atoms with Crippen molar-refractivity contribution in [3.8, 4) is 0 Å². The molecule has 10 heteroatoms. The van der Waals surface area contributed by atoms with Crippen LogP contribution in [-0.4, -0.2) is 24.3 Å². The third-order valence-electron chi connectivity index (χ3n) is 4.80. The number of fused-ring (bicyclic) bond motifs is 1. The fourth-order valence-electron chi connectivity index (χ4n) is 3.32. The van der Waals surface area contributed by atoms with E-state index in [9.17, 15) is 17.6 Å². The smallest absolute Gasteiger partial charge is 0.264 e. The highest BCUT2D eigenvalue weighted by molar-refractivity contribution is 7.93. The first-order valence-electron chi connectivity index (χ1n) is 9.34. The third-order valence-corrected chi connectivity index (χ3v) is 6.53. The van der Waals surface area contributed by atoms with E-state index in [1.54, 1.807) is 24.3 Å². The van der Waals surface area contributed by atoms with Gasteiger partial charge in [-0.05, 0) is 41.5 Å². The topological polar surface area (TPSA) is 115 Å². The van der Waals surface area contributed by atoms with Crippen LogP contribution in [0.25, 0.3) is 11.0 Å². The lowest BCUT2D eigenvalue weighted by molar-refractivity contribution is 0.100. The number of sulfonamides is 1. The van der Waals surface area contributed by atoms with Crippen LogP contribution in [0.15, 0.2) is 71.9 Å². The SMILES string of the molecule is NC(=O)c1cccc(Cc2ccc(F)cc2Cl)c1NS(=O)(=O)c1cccc2nccnc12. The molecule has 3 aromatic carbocycles. The van der Waals surface area contributed by atoms with Crippen molar-refractivity contribution in [1.82, 2.24) is 9.97 Å². The normalized spacial score (nSPS) is 11.4. The number of amides is 1. The number of nitrogens with zero attached hydrogens (tertiary/aromatic N) is 2. The van der Waals surface area contributed by atoms with Crippen molar-refractivity contribution < 1.29 is 17.6 Å². The van der Waals surface area contributed by atoms with E-state index in [1.165, 1.54) is 36.7 Å². The number of hydrogen-bond donors (Lipinski definition) is 2. The number of para-hydroxylation sites is 2. The summed E-state index contributed by atoms with van der Waals surface area (Å²) in [7, 11) is -4.18. The van der Waals surface area contributed by atoms with Crippen LogP contribution < -0.4 is 10.5 Å². The van der Waals surface area contributed by atoms with Gasteiger partial charge >= 0.3 is 0 Å². The van der Waals surface area contributed by atoms with Crippen LogP contribution in [0.5, 0.6) is 0 Å². The first-order valence-corrected chi connectivity index (χ1v) is 11.2. The van der Waals surface area contributed by atoms with Gasteiger partial charge < -0.3 is 5.73 Å². The fourth-order valence-corrected chi connectivity index (χ4v) is 4.84. The second-order valence-electron chi connectivity index (χ2n) is 6.90. The molecule has 0 bridgehead atoms. The molecule has 4 rings (SSSR count). The van der Waals surface area contributed by atoms with Gasteiger partial charge in [0.05, 0.1) is 16.8 Å². The summed E-state index contributed by atoms with van der Waals surface area (Å²) in [6.07, 6.45) is 2.98. The van der Waals surface area contributed by atoms with Gasteiger partial charge in [0.15, 0.2) is 0 Å². The van der Waals surface area contributed by atoms with E-state index in [1.807, 2.05) is 0 Å². The van der Waals surface area contributed by atoms with Gasteiger partial charge in [-0.1, -0.05) is 35.9 Å². The van der Waals surface area contributed by atoms with Gasteiger partial charge in [-0.15, -0.1) is 0 Å². The lowest BCUT2D eigenvalue weighted by Gasteiger charge is -2.17. The second-order valence-corrected chi connectivity index (χ2v) is 8.96. The molecule has 162 valence electrons. The molecule has 0 fully saturated rings. The van der Waals surface area contributed by atoms with Gasteiger partial charge in [0.2, 0.25) is 0 Å². The van der Waals surface area contributed by atoms with E-state index in [-0.39, 0.29) is 33.1 Å². The Morgan fingerprint density at radius 1 is 1.03 bits per heavy atom. The fraction of sp³-hybridized carbons (Fsp3) is 0.0455. The highest BCUT2D eigenvalue weighted by Crippen LogP contribution is 2.30. The number of nitrogens with one attached hydrogen (secondary N) is 1. The van der Waals surface area contributed by atoms with Gasteiger partial charge in [0.25, 0.3) is 15.9 Å². The zero-order valence-electron chi connectivity index (χ0n) is 16.4. The number of carbonyl (C=O) groups is 1. The second kappa shape index (κ2) is 8.52. The molecular formula is C22H16ClFN4O3S. The molecule has 1 aromatic heterocycles. The molecule has 0 aliphatic heterocycles. The Morgan fingerprint density at radius 2 is 1.78 bits per heavy atom. The van der Waals surface area contributed by atoms with Crippen LogP contribution in [-0.2, 0) is 16.4 Å². The number of benzene rings is 3. The van der Waals surface area contributed by atoms with Crippen molar-refractivity contribution in [2.24, 2.45) is 5.73 Å². The maximum Gasteiger partial charge on any atom is 0.264 e. The summed E-state index contributed by atoms with van der Waals surface area (Å²) in [5, 5.41) is 0.174. The van der Waals surface area contributed by atoms with Crippen LogP contribution in [0.3, 0.4) is 0 Å². The molecule has 0 atom stereocenters. The molecule has 0 spiro atoms. The number of halogens is 2. The molecule has 32 heavy (non-hydrogen) atoms. The molecule has 1 heterocycles. The molecule has 4 aromatic rings. The lowest BCUT2D eigenvalue weighted by atomic mass is 10.00. The Bertz CT molecular complexity index is 1460. The van der Waals surface area contributed by atoms with Crippen LogP contribution in [0.2, 0.25) is 5.02 Å². The van der Waals surface area contributed by atoms with E-state index in [4.69, 9.17) is 17.3 Å². The summed E-state index contributed by atoms with van der Waals surface area (Å²) in [5.74, 6) is -1.31. The van der Waals surface area contributed by atoms with Crippen molar-refractivity contribution >= 4 is 44.3 Å². The van der Waals surface area contributed by atoms with E-state index in [0.717, 1.165) is 6.07 Å². The molecular weight excluding hydrogens is 455 g/mol. The van der Waals surface area contributed by atoms with Crippen LogP contribution in [0, 0.1) is 5.82 Å². The summed E-state index contributed by atoms with van der Waals surface area (Å²) in [5.41, 5.74) is 7.06. The lowest BCUT2D eigenvalue weighted by Crippen LogP contribution is -2.20. The molecule has 1 amide bonds. The van der Waals surface area contributed by atoms with Gasteiger partial charge in [0, 0.05) is 23.8 Å². The number of anilines is 1. The van der Waals surface area contributed by atoms with Gasteiger partial charge in [-0.2, -0.15) is 0 Å². The summed E-state index contributed by atoms with van der Waals surface area (Å²) in [4.78, 5) is 20.2. The summed E-state index contributed by atoms with van der Waals surface area (Å²) >= 11 is 6.14. The minimum Gasteiger partial charge on any atom is -0.366 e. The van der Waals surface area contributed by atoms with E-state index < -0.39 is 21.7 Å². The number of aromatic nitrogens is 2. The van der Waals surface area contributed by atoms with Crippen LogP contribution >= 0.6 is 11.6 Å². The number of rotatable bonds is 6. The number of carbonyl (C=O) groups excluding carboxylic acids is 1. The first kappa shape index (κ1) is 21.7. The van der Waals surface area contributed by atoms with Gasteiger partial charge in [-0.25, -0.2) is 12.8 Å². The highest BCUT2D eigenvalue weighted by Gasteiger charge is 2.23. The molecule has 0 radical (unpaired) electrons. The molecule has 0 aliphatic rings. The molecule has 0 aliphatic carbocycles. The Kier molecular flexibility index (Phi) is 5.77. The van der Waals surface area contributed by atoms with Crippen LogP contribution in [0.1, 0.15) is 21.5 Å². The van der Waals surface area contributed by atoms with E-state index in [2.05, 4.69) is 14.7 Å². The number of nitrogens with two attached hydrogens (primary N) is 1. The summed E-state index contributed by atoms with van der Waals surface area (Å²) in [6.45, 7) is 0. The predicted molar refractivity (Wildman–Crippen MR) is 120 cm³/mol. The Morgan fingerprint density at radius 3 is 2.53 bits per heavy atom. The third kappa shape index (κ3) is 4.25. The standard InChI is InChI=1S/C22H16ClFN4O3S/c23-17-12-15(24)8-7-13(17)11-14-3-1-4-16(22(25)29)20(14)28-32(30,31)19-6-2-5-18-21(19)27-10-9-26-18/h1-10,12,28H,11H2,(H2,25,29). The zero-order valence-corrected chi connectivity index (χ0v) is 18.0. The van der Waals surface area contributed by atoms with Crippen LogP contribution in [0.4, 0.5) is 10.1 Å². The Hall–Kier alpha value is -3.56. The van der Waals surface area contributed by atoms with Gasteiger partial charge in [-0.3, -0.25) is 19.5 Å². The van der Waals surface area contributed by atoms with Crippen molar-refractivity contribution in [1.29, 1.82) is 0 Å². The molecule has 0 saturated carbocycles. The highest BCUT2D eigenvalue weighted by atomic mass is 35.5. The minimum atomic E-state index is -4.18. The minimum absolute atomic E-state index is 0.0151. The molecule has 0 saturated heterocycles. The monoisotopic (exact) mass is 470 g/mol. The largest absolute Gasteiger partial charge is 0.366 e. The van der Waals surface area contributed by atoms with Crippen molar-refractivity contribution in [3.63, 3.8) is 0 Å². The van der Waals surface area contributed by atoms with E-state index in [0.29, 0.717) is 16.6 Å². The average Bonchev–Trinajstić information content (AvgIpc) is 2.76. The predicted octanol–water partition coefficient (Wildman–Crippen LogP) is 3.91. The molecule has 0 unspecified atom stereocenters. The summed E-state index contributed by atoms with van der Waals surface area (Å²) < 4.78 is 42.5. The number of hydrogen-bond acceptors (Lipinski definition) is 5. The first-order chi connectivity index (χ1) is 15.3. The van der Waals surface area contributed by atoms with E-state index >= 15 is 0 Å². The van der Waals surface area contributed by atoms with Gasteiger partial charge in [0.1, 0.15) is 16.2 Å². The van der Waals surface area contributed by atoms with Crippen molar-refractivity contribution in [2.45, 2.75) is 11.3 Å². The summed E-state index contributed by atoms with van der Waals surface area (Å²) in [6, 6.07) is 13.1. The Labute approximate surface area is 188 Å². The molecule has 3 N–H and O–H groups in total. The van der Waals surface area contributed by atoms with Crippen molar-refractivity contribution in [3.05, 3.63) is 94.5 Å². The quantitative estimate of drug-likeness (QED) is 0.443. The maximum atomic E-state index is 13.4. The zero-order chi connectivity index (χ0) is 22.9. The maximum absolute atomic E-state index is 13.4. The average molecular weight is 471 g/mol. The Balaban J connectivity index is 1.82. The molecule has 7 nitrogen and oxygen atoms in total. The van der Waals surface area contributed by atoms with Crippen molar-refractivity contribution in [2.75, 3.05) is 4.72 Å².